The number of rotatable bonds is 4. The van der Waals surface area contributed by atoms with Crippen LogP contribution in [0.15, 0.2) is 42.5 Å². The number of hydrogen-bond donors (Lipinski definition) is 1. The predicted molar refractivity (Wildman–Crippen MR) is 80.2 cm³/mol. The van der Waals surface area contributed by atoms with Gasteiger partial charge in [0.1, 0.15) is 18.4 Å². The van der Waals surface area contributed by atoms with Crippen LogP contribution in [0.3, 0.4) is 0 Å². The fourth-order valence-electron chi connectivity index (χ4n) is 1.76. The number of ether oxygens (including phenoxy) is 1. The molecule has 2 rings (SSSR count). The lowest BCUT2D eigenvalue weighted by molar-refractivity contribution is -0.149. The van der Waals surface area contributed by atoms with E-state index in [2.05, 4.69) is 0 Å². The van der Waals surface area contributed by atoms with Crippen molar-refractivity contribution in [2.45, 2.75) is 18.8 Å². The van der Waals surface area contributed by atoms with Gasteiger partial charge in [0.2, 0.25) is 0 Å². The molecule has 118 valence electrons. The van der Waals surface area contributed by atoms with Gasteiger partial charge in [0, 0.05) is 15.6 Å². The Hall–Kier alpha value is -1.43. The van der Waals surface area contributed by atoms with Crippen molar-refractivity contribution < 1.29 is 17.9 Å². The van der Waals surface area contributed by atoms with Gasteiger partial charge in [-0.3, -0.25) is 0 Å². The van der Waals surface area contributed by atoms with E-state index < -0.39 is 12.2 Å². The highest BCUT2D eigenvalue weighted by atomic mass is 35.5. The Bertz CT molecular complexity index is 644. The summed E-state index contributed by atoms with van der Waals surface area (Å²) in [5, 5.41) is 0.974. The topological polar surface area (TPSA) is 35.2 Å². The first-order valence-corrected chi connectivity index (χ1v) is 7.02. The van der Waals surface area contributed by atoms with Crippen LogP contribution in [-0.2, 0) is 6.61 Å². The summed E-state index contributed by atoms with van der Waals surface area (Å²) in [4.78, 5) is 0. The summed E-state index contributed by atoms with van der Waals surface area (Å²) in [5.74, 6) is 0.421. The first-order chi connectivity index (χ1) is 10.3. The number of alkyl halides is 3. The number of hydrogen-bond acceptors (Lipinski definition) is 2. The molecular formula is C15H12Cl2F3NO. The van der Waals surface area contributed by atoms with Crippen molar-refractivity contribution in [2.75, 3.05) is 0 Å². The molecule has 2 nitrogen and oxygen atoms in total. The minimum atomic E-state index is -4.47. The fourth-order valence-corrected chi connectivity index (χ4v) is 2.22. The van der Waals surface area contributed by atoms with Gasteiger partial charge in [0.15, 0.2) is 0 Å². The molecule has 0 aromatic heterocycles. The minimum absolute atomic E-state index is 0.0237. The SMILES string of the molecule is N[C@@H](c1ccc(OCc2ccc(Cl)cc2Cl)cc1)C(F)(F)F. The van der Waals surface area contributed by atoms with Crippen molar-refractivity contribution in [3.8, 4) is 5.75 Å². The average molecular weight is 350 g/mol. The molecule has 0 aliphatic carbocycles. The summed E-state index contributed by atoms with van der Waals surface area (Å²) < 4.78 is 43.0. The summed E-state index contributed by atoms with van der Waals surface area (Å²) >= 11 is 11.8. The quantitative estimate of drug-likeness (QED) is 0.829. The van der Waals surface area contributed by atoms with E-state index in [-0.39, 0.29) is 12.2 Å². The minimum Gasteiger partial charge on any atom is -0.489 e. The molecule has 0 saturated carbocycles. The second kappa shape index (κ2) is 6.77. The molecule has 0 aliphatic heterocycles. The van der Waals surface area contributed by atoms with Gasteiger partial charge >= 0.3 is 6.18 Å². The molecule has 0 saturated heterocycles. The van der Waals surface area contributed by atoms with Gasteiger partial charge in [-0.1, -0.05) is 41.4 Å². The lowest BCUT2D eigenvalue weighted by Crippen LogP contribution is -2.28. The van der Waals surface area contributed by atoms with E-state index in [9.17, 15) is 13.2 Å². The monoisotopic (exact) mass is 349 g/mol. The van der Waals surface area contributed by atoms with E-state index in [0.717, 1.165) is 5.56 Å². The van der Waals surface area contributed by atoms with Gasteiger partial charge in [-0.25, -0.2) is 0 Å². The van der Waals surface area contributed by atoms with E-state index in [4.69, 9.17) is 33.7 Å². The Morgan fingerprint density at radius 3 is 2.23 bits per heavy atom. The molecule has 0 fully saturated rings. The molecule has 0 unspecified atom stereocenters. The molecule has 0 bridgehead atoms. The first kappa shape index (κ1) is 16.9. The molecule has 1 atom stereocenters. The summed E-state index contributed by atoms with van der Waals surface area (Å²) in [6.45, 7) is 0.181. The highest BCUT2D eigenvalue weighted by Gasteiger charge is 2.37. The van der Waals surface area contributed by atoms with Gasteiger partial charge in [-0.05, 0) is 29.8 Å². The Morgan fingerprint density at radius 1 is 1.05 bits per heavy atom. The third kappa shape index (κ3) is 4.29. The molecule has 2 aromatic rings. The van der Waals surface area contributed by atoms with Crippen molar-refractivity contribution in [2.24, 2.45) is 5.73 Å². The maximum absolute atomic E-state index is 12.5. The molecule has 0 heterocycles. The van der Waals surface area contributed by atoms with Crippen LogP contribution in [0.5, 0.6) is 5.75 Å². The molecule has 0 aliphatic rings. The van der Waals surface area contributed by atoms with E-state index in [0.29, 0.717) is 15.8 Å². The largest absolute Gasteiger partial charge is 0.489 e. The second-order valence-corrected chi connectivity index (χ2v) is 5.46. The third-order valence-electron chi connectivity index (χ3n) is 3.00. The Morgan fingerprint density at radius 2 is 1.68 bits per heavy atom. The molecule has 0 spiro atoms. The lowest BCUT2D eigenvalue weighted by Gasteiger charge is -2.16. The zero-order valence-electron chi connectivity index (χ0n) is 11.2. The van der Waals surface area contributed by atoms with Crippen LogP contribution in [-0.4, -0.2) is 6.18 Å². The van der Waals surface area contributed by atoms with Crippen molar-refractivity contribution >= 4 is 23.2 Å². The van der Waals surface area contributed by atoms with Gasteiger partial charge in [0.05, 0.1) is 0 Å². The van der Waals surface area contributed by atoms with Gasteiger partial charge in [-0.2, -0.15) is 13.2 Å². The van der Waals surface area contributed by atoms with Crippen LogP contribution in [0.1, 0.15) is 17.2 Å². The maximum Gasteiger partial charge on any atom is 0.407 e. The van der Waals surface area contributed by atoms with Crippen molar-refractivity contribution in [1.82, 2.24) is 0 Å². The molecular weight excluding hydrogens is 338 g/mol. The maximum atomic E-state index is 12.5. The van der Waals surface area contributed by atoms with E-state index in [1.54, 1.807) is 18.2 Å². The predicted octanol–water partition coefficient (Wildman–Crippen LogP) is 5.13. The molecule has 2 N–H and O–H groups in total. The van der Waals surface area contributed by atoms with Crippen LogP contribution in [0, 0.1) is 0 Å². The van der Waals surface area contributed by atoms with Crippen molar-refractivity contribution in [3.63, 3.8) is 0 Å². The van der Waals surface area contributed by atoms with Crippen molar-refractivity contribution in [3.05, 3.63) is 63.6 Å². The number of nitrogens with two attached hydrogens (primary N) is 1. The highest BCUT2D eigenvalue weighted by molar-refractivity contribution is 6.35. The van der Waals surface area contributed by atoms with Gasteiger partial charge < -0.3 is 10.5 Å². The number of benzene rings is 2. The standard InChI is InChI=1S/C15H12Cl2F3NO/c16-11-4-1-10(13(17)7-11)8-22-12-5-2-9(3-6-12)14(21)15(18,19)20/h1-7,14H,8,21H2/t14-/m0/s1. The summed E-state index contributed by atoms with van der Waals surface area (Å²) in [6.07, 6.45) is -4.47. The summed E-state index contributed by atoms with van der Waals surface area (Å²) in [6, 6.07) is 8.43. The molecule has 7 heteroatoms. The molecule has 0 amide bonds. The van der Waals surface area contributed by atoms with Crippen LogP contribution >= 0.6 is 23.2 Å². The molecule has 22 heavy (non-hydrogen) atoms. The van der Waals surface area contributed by atoms with E-state index in [1.165, 1.54) is 24.3 Å². The van der Waals surface area contributed by atoms with Crippen LogP contribution < -0.4 is 10.5 Å². The van der Waals surface area contributed by atoms with Gasteiger partial charge in [-0.15, -0.1) is 0 Å². The van der Waals surface area contributed by atoms with E-state index in [1.807, 2.05) is 0 Å². The Balaban J connectivity index is 2.03. The van der Waals surface area contributed by atoms with E-state index >= 15 is 0 Å². The fraction of sp³-hybridized carbons (Fsp3) is 0.200. The smallest absolute Gasteiger partial charge is 0.407 e. The Labute approximate surface area is 135 Å². The van der Waals surface area contributed by atoms with Crippen LogP contribution in [0.25, 0.3) is 0 Å². The Kier molecular flexibility index (Phi) is 5.21. The van der Waals surface area contributed by atoms with Crippen LogP contribution in [0.2, 0.25) is 10.0 Å². The second-order valence-electron chi connectivity index (χ2n) is 4.61. The average Bonchev–Trinajstić information content (AvgIpc) is 2.45. The van der Waals surface area contributed by atoms with Crippen molar-refractivity contribution in [1.29, 1.82) is 0 Å². The van der Waals surface area contributed by atoms with Crippen LogP contribution in [0.4, 0.5) is 13.2 Å². The zero-order chi connectivity index (χ0) is 16.3. The van der Waals surface area contributed by atoms with Gasteiger partial charge in [0.25, 0.3) is 0 Å². The first-order valence-electron chi connectivity index (χ1n) is 6.26. The third-order valence-corrected chi connectivity index (χ3v) is 3.59. The zero-order valence-corrected chi connectivity index (χ0v) is 12.7. The molecule has 2 aromatic carbocycles. The lowest BCUT2D eigenvalue weighted by atomic mass is 10.1. The summed E-state index contributed by atoms with van der Waals surface area (Å²) in [5.41, 5.74) is 5.83. The number of halogens is 5. The highest BCUT2D eigenvalue weighted by Crippen LogP contribution is 2.31. The molecule has 0 radical (unpaired) electrons. The summed E-state index contributed by atoms with van der Waals surface area (Å²) in [7, 11) is 0. The normalized spacial score (nSPS) is 13.0.